The van der Waals surface area contributed by atoms with Gasteiger partial charge in [0, 0.05) is 24.7 Å². The minimum absolute atomic E-state index is 0.110. The molecular weight excluding hydrogens is 309 g/mol. The van der Waals surface area contributed by atoms with Gasteiger partial charge in [-0.05, 0) is 31.0 Å². The Bertz CT molecular complexity index is 780. The first-order valence-electron chi connectivity index (χ1n) is 8.26. The lowest BCUT2D eigenvalue weighted by Crippen LogP contribution is -2.37. The van der Waals surface area contributed by atoms with Gasteiger partial charge in [-0.1, -0.05) is 25.0 Å². The van der Waals surface area contributed by atoms with E-state index in [0.29, 0.717) is 11.3 Å². The van der Waals surface area contributed by atoms with E-state index in [4.69, 9.17) is 0 Å². The van der Waals surface area contributed by atoms with Crippen LogP contribution >= 0.6 is 0 Å². The van der Waals surface area contributed by atoms with Crippen LogP contribution in [0.4, 0.5) is 4.39 Å². The monoisotopic (exact) mass is 329 g/mol. The van der Waals surface area contributed by atoms with Crippen LogP contribution in [0.2, 0.25) is 0 Å². The van der Waals surface area contributed by atoms with E-state index in [-0.39, 0.29) is 18.0 Å². The molecule has 0 N–H and O–H groups in total. The minimum atomic E-state index is -0.408. The van der Waals surface area contributed by atoms with Crippen molar-refractivity contribution < 1.29 is 9.18 Å². The van der Waals surface area contributed by atoms with Crippen molar-refractivity contribution in [1.82, 2.24) is 14.7 Å². The molecule has 2 heterocycles. The first-order chi connectivity index (χ1) is 11.6. The van der Waals surface area contributed by atoms with Crippen LogP contribution in [0, 0.1) is 5.82 Å². The molecule has 1 aromatic carbocycles. The first-order valence-corrected chi connectivity index (χ1v) is 8.26. The Kier molecular flexibility index (Phi) is 5.03. The van der Waals surface area contributed by atoms with Gasteiger partial charge in [0.1, 0.15) is 12.4 Å². The summed E-state index contributed by atoms with van der Waals surface area (Å²) in [5.74, 6) is -0.522. The number of carbonyl (C=O) groups is 1. The molecule has 0 radical (unpaired) electrons. The maximum atomic E-state index is 13.9. The second kappa shape index (κ2) is 7.38. The third-order valence-corrected chi connectivity index (χ3v) is 4.26. The Labute approximate surface area is 139 Å². The van der Waals surface area contributed by atoms with Gasteiger partial charge in [0.05, 0.1) is 5.69 Å². The first kappa shape index (κ1) is 16.4. The molecule has 3 rings (SSSR count). The smallest absolute Gasteiger partial charge is 0.267 e. The highest BCUT2D eigenvalue weighted by Gasteiger charge is 2.17. The molecule has 1 aliphatic heterocycles. The maximum Gasteiger partial charge on any atom is 0.267 e. The summed E-state index contributed by atoms with van der Waals surface area (Å²) in [6.45, 7) is 1.34. The van der Waals surface area contributed by atoms with Crippen molar-refractivity contribution in [2.75, 3.05) is 13.1 Å². The van der Waals surface area contributed by atoms with Gasteiger partial charge < -0.3 is 4.90 Å². The van der Waals surface area contributed by atoms with Crippen LogP contribution < -0.4 is 5.56 Å². The maximum absolute atomic E-state index is 13.9. The molecular formula is C18H20FN3O2. The van der Waals surface area contributed by atoms with Crippen LogP contribution in [0.25, 0.3) is 11.3 Å². The van der Waals surface area contributed by atoms with Crippen LogP contribution in [-0.2, 0) is 11.3 Å². The molecule has 1 fully saturated rings. The zero-order valence-corrected chi connectivity index (χ0v) is 13.4. The zero-order valence-electron chi connectivity index (χ0n) is 13.4. The Hall–Kier alpha value is -2.50. The van der Waals surface area contributed by atoms with Crippen LogP contribution in [0.3, 0.4) is 0 Å². The molecule has 0 aliphatic carbocycles. The van der Waals surface area contributed by atoms with E-state index in [1.54, 1.807) is 23.1 Å². The SMILES string of the molecule is O=C(Cn1nc(-c2ccccc2F)ccc1=O)N1CCCCCC1. The standard InChI is InChI=1S/C18H20FN3O2/c19-15-8-4-3-7-14(15)16-9-10-17(23)22(20-16)13-18(24)21-11-5-1-2-6-12-21/h3-4,7-10H,1-2,5-6,11-13H2. The largest absolute Gasteiger partial charge is 0.341 e. The number of nitrogens with zero attached hydrogens (tertiary/aromatic N) is 3. The van der Waals surface area contributed by atoms with Gasteiger partial charge in [-0.15, -0.1) is 0 Å². The zero-order chi connectivity index (χ0) is 16.9. The van der Waals surface area contributed by atoms with Gasteiger partial charge in [0.25, 0.3) is 5.56 Å². The molecule has 2 aromatic rings. The predicted octanol–water partition coefficient (Wildman–Crippen LogP) is 2.45. The van der Waals surface area contributed by atoms with Gasteiger partial charge in [0.2, 0.25) is 5.91 Å². The number of carbonyl (C=O) groups excluding carboxylic acids is 1. The molecule has 0 atom stereocenters. The summed E-state index contributed by atoms with van der Waals surface area (Å²) in [5, 5.41) is 4.18. The quantitative estimate of drug-likeness (QED) is 0.869. The summed E-state index contributed by atoms with van der Waals surface area (Å²) in [6, 6.07) is 9.05. The van der Waals surface area contributed by atoms with Gasteiger partial charge in [-0.2, -0.15) is 5.10 Å². The third-order valence-electron chi connectivity index (χ3n) is 4.26. The number of halogens is 1. The summed E-state index contributed by atoms with van der Waals surface area (Å²) < 4.78 is 15.0. The van der Waals surface area contributed by atoms with Crippen molar-refractivity contribution in [2.45, 2.75) is 32.2 Å². The molecule has 0 spiro atoms. The fraction of sp³-hybridized carbons (Fsp3) is 0.389. The van der Waals surface area contributed by atoms with E-state index >= 15 is 0 Å². The van der Waals surface area contributed by atoms with Gasteiger partial charge >= 0.3 is 0 Å². The highest BCUT2D eigenvalue weighted by Crippen LogP contribution is 2.19. The Morgan fingerprint density at radius 1 is 1.04 bits per heavy atom. The summed E-state index contributed by atoms with van der Waals surface area (Å²) in [5.41, 5.74) is 0.295. The Balaban J connectivity index is 1.83. The van der Waals surface area contributed by atoms with E-state index in [1.165, 1.54) is 18.2 Å². The lowest BCUT2D eigenvalue weighted by atomic mass is 10.1. The highest BCUT2D eigenvalue weighted by molar-refractivity contribution is 5.76. The minimum Gasteiger partial charge on any atom is -0.341 e. The van der Waals surface area contributed by atoms with Crippen molar-refractivity contribution in [2.24, 2.45) is 0 Å². The molecule has 1 saturated heterocycles. The van der Waals surface area contributed by atoms with Crippen molar-refractivity contribution in [1.29, 1.82) is 0 Å². The van der Waals surface area contributed by atoms with Crippen LogP contribution in [0.1, 0.15) is 25.7 Å². The van der Waals surface area contributed by atoms with Gasteiger partial charge in [0.15, 0.2) is 0 Å². The molecule has 126 valence electrons. The second-order valence-electron chi connectivity index (χ2n) is 5.99. The van der Waals surface area contributed by atoms with Crippen molar-refractivity contribution >= 4 is 5.91 Å². The second-order valence-corrected chi connectivity index (χ2v) is 5.99. The molecule has 24 heavy (non-hydrogen) atoms. The number of rotatable bonds is 3. The Morgan fingerprint density at radius 3 is 2.46 bits per heavy atom. The molecule has 5 nitrogen and oxygen atoms in total. The summed E-state index contributed by atoms with van der Waals surface area (Å²) in [7, 11) is 0. The van der Waals surface area contributed by atoms with Crippen LogP contribution in [0.15, 0.2) is 41.2 Å². The van der Waals surface area contributed by atoms with E-state index in [0.717, 1.165) is 43.5 Å². The fourth-order valence-electron chi connectivity index (χ4n) is 2.92. The van der Waals surface area contributed by atoms with Crippen molar-refractivity contribution in [3.05, 3.63) is 52.6 Å². The molecule has 1 aromatic heterocycles. The van der Waals surface area contributed by atoms with Crippen molar-refractivity contribution in [3.63, 3.8) is 0 Å². The molecule has 1 aliphatic rings. The highest BCUT2D eigenvalue weighted by atomic mass is 19.1. The molecule has 1 amide bonds. The summed E-state index contributed by atoms with van der Waals surface area (Å²) in [4.78, 5) is 26.2. The lowest BCUT2D eigenvalue weighted by Gasteiger charge is -2.20. The number of aromatic nitrogens is 2. The van der Waals surface area contributed by atoms with Gasteiger partial charge in [-0.3, -0.25) is 9.59 Å². The van der Waals surface area contributed by atoms with E-state index < -0.39 is 5.82 Å². The number of hydrogen-bond acceptors (Lipinski definition) is 3. The molecule has 6 heteroatoms. The van der Waals surface area contributed by atoms with E-state index in [1.807, 2.05) is 0 Å². The topological polar surface area (TPSA) is 55.2 Å². The normalized spacial score (nSPS) is 15.1. The number of likely N-dealkylation sites (tertiary alicyclic amines) is 1. The van der Waals surface area contributed by atoms with E-state index in [9.17, 15) is 14.0 Å². The molecule has 0 saturated carbocycles. The summed E-state index contributed by atoms with van der Waals surface area (Å²) >= 11 is 0. The fourth-order valence-corrected chi connectivity index (χ4v) is 2.92. The van der Waals surface area contributed by atoms with Gasteiger partial charge in [-0.25, -0.2) is 9.07 Å². The van der Waals surface area contributed by atoms with Crippen LogP contribution in [-0.4, -0.2) is 33.7 Å². The van der Waals surface area contributed by atoms with E-state index in [2.05, 4.69) is 5.10 Å². The number of benzene rings is 1. The molecule has 0 unspecified atom stereocenters. The predicted molar refractivity (Wildman–Crippen MR) is 88.9 cm³/mol. The molecule has 0 bridgehead atoms. The average molecular weight is 329 g/mol. The number of amides is 1. The van der Waals surface area contributed by atoms with Crippen LogP contribution in [0.5, 0.6) is 0 Å². The number of hydrogen-bond donors (Lipinski definition) is 0. The Morgan fingerprint density at radius 2 is 1.75 bits per heavy atom. The average Bonchev–Trinajstić information content (AvgIpc) is 2.87. The third kappa shape index (κ3) is 3.69. The summed E-state index contributed by atoms with van der Waals surface area (Å²) in [6.07, 6.45) is 4.24. The lowest BCUT2D eigenvalue weighted by molar-refractivity contribution is -0.132. The van der Waals surface area contributed by atoms with Crippen molar-refractivity contribution in [3.8, 4) is 11.3 Å².